The maximum atomic E-state index is 12.8. The highest BCUT2D eigenvalue weighted by molar-refractivity contribution is 7.15. The lowest BCUT2D eigenvalue weighted by Gasteiger charge is -2.33. The van der Waals surface area contributed by atoms with Crippen molar-refractivity contribution in [2.45, 2.75) is 13.5 Å². The molecule has 1 aliphatic heterocycles. The Labute approximate surface area is 166 Å². The second kappa shape index (κ2) is 8.12. The minimum atomic E-state index is -0.257. The first-order valence-corrected chi connectivity index (χ1v) is 10.2. The number of carbonyl (C=O) groups is 1. The summed E-state index contributed by atoms with van der Waals surface area (Å²) in [4.78, 5) is 33.9. The molecule has 7 nitrogen and oxygen atoms in total. The highest BCUT2D eigenvalue weighted by atomic mass is 32.1. The Bertz CT molecular complexity index is 1020. The van der Waals surface area contributed by atoms with Crippen LogP contribution in [0.15, 0.2) is 46.6 Å². The molecule has 146 valence electrons. The van der Waals surface area contributed by atoms with Gasteiger partial charge in [-0.1, -0.05) is 30.3 Å². The van der Waals surface area contributed by atoms with E-state index in [-0.39, 0.29) is 11.7 Å². The van der Waals surface area contributed by atoms with Gasteiger partial charge in [0, 0.05) is 44.2 Å². The van der Waals surface area contributed by atoms with E-state index in [9.17, 15) is 9.59 Å². The molecule has 0 saturated carbocycles. The summed E-state index contributed by atoms with van der Waals surface area (Å²) >= 11 is 1.47. The Morgan fingerprint density at radius 2 is 1.93 bits per heavy atom. The van der Waals surface area contributed by atoms with Gasteiger partial charge in [0.2, 0.25) is 0 Å². The maximum absolute atomic E-state index is 12.8. The first kappa shape index (κ1) is 18.6. The van der Waals surface area contributed by atoms with Crippen LogP contribution in [0.3, 0.4) is 0 Å². The molecule has 1 fully saturated rings. The SMILES string of the molecule is CCOC(=O)N1CCN(Cc2cc(=O)n3c(-c4ccccc4)csc3n2)CC1. The first-order valence-electron chi connectivity index (χ1n) is 9.35. The van der Waals surface area contributed by atoms with Crippen LogP contribution in [-0.4, -0.2) is 58.1 Å². The van der Waals surface area contributed by atoms with Crippen molar-refractivity contribution in [3.05, 3.63) is 57.8 Å². The van der Waals surface area contributed by atoms with Gasteiger partial charge in [-0.05, 0) is 12.5 Å². The van der Waals surface area contributed by atoms with E-state index in [0.29, 0.717) is 31.2 Å². The standard InChI is InChI=1S/C20H22N4O3S/c1-2-27-20(26)23-10-8-22(9-11-23)13-16-12-18(25)24-17(14-28-19(24)21-16)15-6-4-3-5-7-15/h3-7,12,14H,2,8-11,13H2,1H3. The molecule has 28 heavy (non-hydrogen) atoms. The first-order chi connectivity index (χ1) is 13.7. The van der Waals surface area contributed by atoms with Crippen molar-refractivity contribution in [1.82, 2.24) is 19.2 Å². The molecule has 0 radical (unpaired) electrons. The van der Waals surface area contributed by atoms with E-state index in [4.69, 9.17) is 9.72 Å². The third-order valence-electron chi connectivity index (χ3n) is 4.81. The van der Waals surface area contributed by atoms with Gasteiger partial charge < -0.3 is 9.64 Å². The molecular weight excluding hydrogens is 376 g/mol. The molecule has 4 rings (SSSR count). The van der Waals surface area contributed by atoms with Gasteiger partial charge in [-0.25, -0.2) is 9.78 Å². The number of aromatic nitrogens is 2. The van der Waals surface area contributed by atoms with Crippen molar-refractivity contribution in [3.8, 4) is 11.3 Å². The molecule has 0 bridgehead atoms. The Morgan fingerprint density at radius 1 is 1.18 bits per heavy atom. The molecule has 1 saturated heterocycles. The van der Waals surface area contributed by atoms with E-state index in [1.54, 1.807) is 15.4 Å². The van der Waals surface area contributed by atoms with E-state index >= 15 is 0 Å². The van der Waals surface area contributed by atoms with Gasteiger partial charge in [-0.3, -0.25) is 14.1 Å². The van der Waals surface area contributed by atoms with Crippen LogP contribution in [0.4, 0.5) is 4.79 Å². The van der Waals surface area contributed by atoms with Crippen LogP contribution >= 0.6 is 11.3 Å². The normalized spacial score (nSPS) is 15.1. The number of carbonyl (C=O) groups excluding carboxylic acids is 1. The molecule has 8 heteroatoms. The number of piperazine rings is 1. The number of nitrogens with zero attached hydrogens (tertiary/aromatic N) is 4. The van der Waals surface area contributed by atoms with Gasteiger partial charge in [0.05, 0.1) is 18.0 Å². The number of rotatable bonds is 4. The lowest BCUT2D eigenvalue weighted by Crippen LogP contribution is -2.48. The molecule has 1 aromatic carbocycles. The third-order valence-corrected chi connectivity index (χ3v) is 5.64. The summed E-state index contributed by atoms with van der Waals surface area (Å²) in [6, 6.07) is 11.5. The van der Waals surface area contributed by atoms with Crippen LogP contribution in [0.25, 0.3) is 16.2 Å². The molecule has 0 spiro atoms. The van der Waals surface area contributed by atoms with Crippen molar-refractivity contribution in [1.29, 1.82) is 0 Å². The Hall–Kier alpha value is -2.71. The quantitative estimate of drug-likeness (QED) is 0.676. The molecule has 3 aromatic rings. The molecule has 0 N–H and O–H groups in total. The number of benzene rings is 1. The fourth-order valence-electron chi connectivity index (χ4n) is 3.39. The Kier molecular flexibility index (Phi) is 5.40. The summed E-state index contributed by atoms with van der Waals surface area (Å²) in [5.41, 5.74) is 2.56. The van der Waals surface area contributed by atoms with Crippen LogP contribution in [0.2, 0.25) is 0 Å². The summed E-state index contributed by atoms with van der Waals surface area (Å²) in [5, 5.41) is 1.97. The maximum Gasteiger partial charge on any atom is 0.409 e. The van der Waals surface area contributed by atoms with Crippen LogP contribution in [0.5, 0.6) is 0 Å². The van der Waals surface area contributed by atoms with Crippen molar-refractivity contribution in [2.24, 2.45) is 0 Å². The van der Waals surface area contributed by atoms with Crippen molar-refractivity contribution < 1.29 is 9.53 Å². The third kappa shape index (κ3) is 3.79. The largest absolute Gasteiger partial charge is 0.450 e. The number of hydrogen-bond acceptors (Lipinski definition) is 6. The second-order valence-corrected chi connectivity index (χ2v) is 7.49. The number of hydrogen-bond donors (Lipinski definition) is 0. The summed E-state index contributed by atoms with van der Waals surface area (Å²) in [6.07, 6.45) is -0.257. The molecule has 1 aliphatic rings. The van der Waals surface area contributed by atoms with E-state index < -0.39 is 0 Å². The topological polar surface area (TPSA) is 67.2 Å². The lowest BCUT2D eigenvalue weighted by molar-refractivity contribution is 0.0775. The minimum absolute atomic E-state index is 0.0646. The Morgan fingerprint density at radius 3 is 2.64 bits per heavy atom. The van der Waals surface area contributed by atoms with Gasteiger partial charge in [-0.2, -0.15) is 0 Å². The fourth-order valence-corrected chi connectivity index (χ4v) is 4.31. The van der Waals surface area contributed by atoms with Crippen LogP contribution in [0.1, 0.15) is 12.6 Å². The minimum Gasteiger partial charge on any atom is -0.450 e. The average Bonchev–Trinajstić information content (AvgIpc) is 3.14. The predicted octanol–water partition coefficient (Wildman–Crippen LogP) is 2.70. The zero-order valence-electron chi connectivity index (χ0n) is 15.7. The monoisotopic (exact) mass is 398 g/mol. The number of amides is 1. The molecule has 1 amide bonds. The highest BCUT2D eigenvalue weighted by Crippen LogP contribution is 2.23. The van der Waals surface area contributed by atoms with Gasteiger partial charge in [-0.15, -0.1) is 11.3 Å². The van der Waals surface area contributed by atoms with Gasteiger partial charge >= 0.3 is 6.09 Å². The summed E-state index contributed by atoms with van der Waals surface area (Å²) in [7, 11) is 0. The fraction of sp³-hybridized carbons (Fsp3) is 0.350. The predicted molar refractivity (Wildman–Crippen MR) is 109 cm³/mol. The van der Waals surface area contributed by atoms with Crippen LogP contribution < -0.4 is 5.56 Å². The van der Waals surface area contributed by atoms with E-state index in [2.05, 4.69) is 4.90 Å². The Balaban J connectivity index is 1.49. The average molecular weight is 398 g/mol. The van der Waals surface area contributed by atoms with Gasteiger partial charge in [0.1, 0.15) is 0 Å². The summed E-state index contributed by atoms with van der Waals surface area (Å²) < 4.78 is 6.72. The molecule has 0 aliphatic carbocycles. The molecule has 2 aromatic heterocycles. The molecule has 0 unspecified atom stereocenters. The van der Waals surface area contributed by atoms with Crippen LogP contribution in [-0.2, 0) is 11.3 Å². The number of fused-ring (bicyclic) bond motifs is 1. The van der Waals surface area contributed by atoms with E-state index in [1.165, 1.54) is 11.3 Å². The van der Waals surface area contributed by atoms with Gasteiger partial charge in [0.25, 0.3) is 5.56 Å². The number of ether oxygens (including phenoxy) is 1. The molecule has 3 heterocycles. The zero-order chi connectivity index (χ0) is 19.5. The zero-order valence-corrected chi connectivity index (χ0v) is 16.5. The van der Waals surface area contributed by atoms with Crippen molar-refractivity contribution in [2.75, 3.05) is 32.8 Å². The number of thiazole rings is 1. The van der Waals surface area contributed by atoms with Crippen LogP contribution in [0, 0.1) is 0 Å². The van der Waals surface area contributed by atoms with Crippen molar-refractivity contribution >= 4 is 22.4 Å². The second-order valence-electron chi connectivity index (χ2n) is 6.65. The smallest absolute Gasteiger partial charge is 0.409 e. The summed E-state index contributed by atoms with van der Waals surface area (Å²) in [5.74, 6) is 0. The van der Waals surface area contributed by atoms with E-state index in [0.717, 1.165) is 30.0 Å². The van der Waals surface area contributed by atoms with Crippen molar-refractivity contribution in [3.63, 3.8) is 0 Å². The summed E-state index contributed by atoms with van der Waals surface area (Å²) in [6.45, 7) is 5.51. The van der Waals surface area contributed by atoms with E-state index in [1.807, 2.05) is 42.6 Å². The molecule has 0 atom stereocenters. The highest BCUT2D eigenvalue weighted by Gasteiger charge is 2.22. The lowest BCUT2D eigenvalue weighted by atomic mass is 10.2. The van der Waals surface area contributed by atoms with Gasteiger partial charge in [0.15, 0.2) is 4.96 Å². The molecular formula is C20H22N4O3S.